The third-order valence-corrected chi connectivity index (χ3v) is 4.55. The predicted molar refractivity (Wildman–Crippen MR) is 89.7 cm³/mol. The zero-order valence-corrected chi connectivity index (χ0v) is 15.8. The molecule has 0 heterocycles. The highest BCUT2D eigenvalue weighted by Crippen LogP contribution is 2.39. The maximum absolute atomic E-state index is 11.2. The Morgan fingerprint density at radius 3 is 0.885 bits per heavy atom. The highest BCUT2D eigenvalue weighted by molar-refractivity contribution is 5.66. The first-order valence-electron chi connectivity index (χ1n) is 8.72. The van der Waals surface area contributed by atoms with E-state index in [1.807, 2.05) is 0 Å². The van der Waals surface area contributed by atoms with Crippen LogP contribution in [-0.4, -0.2) is 50.3 Å². The van der Waals surface area contributed by atoms with Gasteiger partial charge in [0.05, 0.1) is 26.4 Å². The molecule has 8 heteroatoms. The summed E-state index contributed by atoms with van der Waals surface area (Å²) in [5.74, 6) is -1.66. The molecule has 1 aliphatic rings. The molecule has 26 heavy (non-hydrogen) atoms. The van der Waals surface area contributed by atoms with Gasteiger partial charge in [0.25, 0.3) is 0 Å². The molecule has 1 rings (SSSR count). The van der Waals surface area contributed by atoms with Crippen LogP contribution < -0.4 is 0 Å². The molecule has 8 nitrogen and oxygen atoms in total. The van der Waals surface area contributed by atoms with E-state index in [-0.39, 0.29) is 74.0 Å². The van der Waals surface area contributed by atoms with Crippen molar-refractivity contribution in [2.24, 2.45) is 23.7 Å². The van der Waals surface area contributed by atoms with E-state index in [0.717, 1.165) is 0 Å². The Morgan fingerprint density at radius 2 is 0.731 bits per heavy atom. The van der Waals surface area contributed by atoms with E-state index in [9.17, 15) is 19.2 Å². The number of hydrogen-bond donors (Lipinski definition) is 0. The third kappa shape index (κ3) is 8.31. The summed E-state index contributed by atoms with van der Waals surface area (Å²) < 4.78 is 20.6. The Morgan fingerprint density at radius 1 is 0.538 bits per heavy atom. The van der Waals surface area contributed by atoms with E-state index in [4.69, 9.17) is 18.9 Å². The second-order valence-electron chi connectivity index (χ2n) is 6.72. The van der Waals surface area contributed by atoms with Crippen molar-refractivity contribution in [1.82, 2.24) is 0 Å². The van der Waals surface area contributed by atoms with Crippen molar-refractivity contribution < 1.29 is 38.1 Å². The normalized spacial score (nSPS) is 25.1. The van der Waals surface area contributed by atoms with Crippen LogP contribution in [0.5, 0.6) is 0 Å². The maximum atomic E-state index is 11.2. The molecule has 0 aromatic rings. The average Bonchev–Trinajstić information content (AvgIpc) is 2.54. The van der Waals surface area contributed by atoms with Crippen LogP contribution in [0, 0.1) is 23.7 Å². The van der Waals surface area contributed by atoms with E-state index in [2.05, 4.69) is 0 Å². The van der Waals surface area contributed by atoms with Gasteiger partial charge in [-0.15, -0.1) is 0 Å². The van der Waals surface area contributed by atoms with E-state index in [1.54, 1.807) is 0 Å². The van der Waals surface area contributed by atoms with E-state index >= 15 is 0 Å². The lowest BCUT2D eigenvalue weighted by atomic mass is 9.69. The Labute approximate surface area is 153 Å². The minimum absolute atomic E-state index is 0.0348. The van der Waals surface area contributed by atoms with Gasteiger partial charge in [0.2, 0.25) is 0 Å². The first-order valence-corrected chi connectivity index (χ1v) is 8.72. The fraction of sp³-hybridized carbons (Fsp3) is 0.778. The summed E-state index contributed by atoms with van der Waals surface area (Å²) in [5, 5.41) is 0. The highest BCUT2D eigenvalue weighted by Gasteiger charge is 2.39. The standard InChI is InChI=1S/C18H28O8/c1-11(19)23-7-15-5-17(9-25-13(3)21)18(10-26-14(4)22)6-16(15)8-24-12(2)20/h15-18H,5-10H2,1-4H3/t15-,16-,17-,18+/m0/s1. The average molecular weight is 372 g/mol. The van der Waals surface area contributed by atoms with Crippen LogP contribution in [0.25, 0.3) is 0 Å². The predicted octanol–water partition coefficient (Wildman–Crippen LogP) is 1.50. The summed E-state index contributed by atoms with van der Waals surface area (Å²) >= 11 is 0. The molecule has 0 spiro atoms. The number of rotatable bonds is 8. The van der Waals surface area contributed by atoms with Gasteiger partial charge in [-0.2, -0.15) is 0 Å². The van der Waals surface area contributed by atoms with E-state index in [1.165, 1.54) is 27.7 Å². The highest BCUT2D eigenvalue weighted by atomic mass is 16.5. The molecule has 0 amide bonds. The lowest BCUT2D eigenvalue weighted by Crippen LogP contribution is -2.41. The molecular formula is C18H28O8. The molecule has 0 unspecified atom stereocenters. The number of esters is 4. The van der Waals surface area contributed by atoms with Crippen molar-refractivity contribution in [2.75, 3.05) is 26.4 Å². The van der Waals surface area contributed by atoms with Gasteiger partial charge in [-0.1, -0.05) is 0 Å². The van der Waals surface area contributed by atoms with Crippen LogP contribution in [-0.2, 0) is 38.1 Å². The molecule has 0 radical (unpaired) electrons. The molecule has 148 valence electrons. The minimum atomic E-state index is -0.380. The van der Waals surface area contributed by atoms with Crippen molar-refractivity contribution >= 4 is 23.9 Å². The lowest BCUT2D eigenvalue weighted by Gasteiger charge is -2.40. The molecule has 0 N–H and O–H groups in total. The van der Waals surface area contributed by atoms with Crippen molar-refractivity contribution in [1.29, 1.82) is 0 Å². The van der Waals surface area contributed by atoms with Crippen LogP contribution in [0.1, 0.15) is 40.5 Å². The van der Waals surface area contributed by atoms with Gasteiger partial charge in [-0.3, -0.25) is 19.2 Å². The SMILES string of the molecule is CC(=O)OC[C@@H]1C[C@@H](COC(C)=O)[C@@H](COC(C)=O)C[C@H]1COC(C)=O. The third-order valence-electron chi connectivity index (χ3n) is 4.55. The Bertz CT molecular complexity index is 425. The van der Waals surface area contributed by atoms with Crippen LogP contribution in [0.4, 0.5) is 0 Å². The number of ether oxygens (including phenoxy) is 4. The van der Waals surface area contributed by atoms with Gasteiger partial charge in [0, 0.05) is 27.7 Å². The van der Waals surface area contributed by atoms with E-state index < -0.39 is 0 Å². The first-order chi connectivity index (χ1) is 12.2. The van der Waals surface area contributed by atoms with Crippen LogP contribution >= 0.6 is 0 Å². The van der Waals surface area contributed by atoms with Gasteiger partial charge in [0.1, 0.15) is 0 Å². The quantitative estimate of drug-likeness (QED) is 0.466. The summed E-state index contributed by atoms with van der Waals surface area (Å²) in [5.41, 5.74) is 0. The number of hydrogen-bond acceptors (Lipinski definition) is 8. The Hall–Kier alpha value is -2.12. The van der Waals surface area contributed by atoms with Crippen molar-refractivity contribution in [3.05, 3.63) is 0 Å². The van der Waals surface area contributed by atoms with Crippen molar-refractivity contribution in [2.45, 2.75) is 40.5 Å². The molecule has 1 saturated carbocycles. The fourth-order valence-electron chi connectivity index (χ4n) is 3.26. The monoisotopic (exact) mass is 372 g/mol. The van der Waals surface area contributed by atoms with Crippen molar-refractivity contribution in [3.63, 3.8) is 0 Å². The van der Waals surface area contributed by atoms with Gasteiger partial charge in [-0.25, -0.2) is 0 Å². The molecule has 0 aromatic heterocycles. The van der Waals surface area contributed by atoms with Gasteiger partial charge < -0.3 is 18.9 Å². The molecule has 0 saturated heterocycles. The largest absolute Gasteiger partial charge is 0.466 e. The molecule has 0 bridgehead atoms. The molecule has 1 aliphatic carbocycles. The Balaban J connectivity index is 2.85. The Kier molecular flexibility index (Phi) is 9.09. The summed E-state index contributed by atoms with van der Waals surface area (Å²) in [7, 11) is 0. The molecule has 0 aromatic carbocycles. The zero-order chi connectivity index (χ0) is 19.7. The van der Waals surface area contributed by atoms with Crippen LogP contribution in [0.3, 0.4) is 0 Å². The molecular weight excluding hydrogens is 344 g/mol. The fourth-order valence-corrected chi connectivity index (χ4v) is 3.26. The second-order valence-corrected chi connectivity index (χ2v) is 6.72. The molecule has 4 atom stereocenters. The summed E-state index contributed by atoms with van der Waals surface area (Å²) in [6.07, 6.45) is 1.22. The topological polar surface area (TPSA) is 105 Å². The zero-order valence-electron chi connectivity index (χ0n) is 15.8. The first kappa shape index (κ1) is 21.9. The maximum Gasteiger partial charge on any atom is 0.302 e. The number of carbonyl (C=O) groups excluding carboxylic acids is 4. The summed E-state index contributed by atoms with van der Waals surface area (Å²) in [4.78, 5) is 44.7. The van der Waals surface area contributed by atoms with Crippen LogP contribution in [0.15, 0.2) is 0 Å². The van der Waals surface area contributed by atoms with Gasteiger partial charge >= 0.3 is 23.9 Å². The summed E-state index contributed by atoms with van der Waals surface area (Å²) in [6, 6.07) is 0. The molecule has 0 aliphatic heterocycles. The second kappa shape index (κ2) is 10.8. The van der Waals surface area contributed by atoms with E-state index in [0.29, 0.717) is 12.8 Å². The summed E-state index contributed by atoms with van der Waals surface area (Å²) in [6.45, 7) is 6.17. The lowest BCUT2D eigenvalue weighted by molar-refractivity contribution is -0.154. The van der Waals surface area contributed by atoms with Crippen molar-refractivity contribution in [3.8, 4) is 0 Å². The number of carbonyl (C=O) groups is 4. The van der Waals surface area contributed by atoms with Crippen LogP contribution in [0.2, 0.25) is 0 Å². The minimum Gasteiger partial charge on any atom is -0.466 e. The molecule has 1 fully saturated rings. The van der Waals surface area contributed by atoms with Gasteiger partial charge in [-0.05, 0) is 36.5 Å². The van der Waals surface area contributed by atoms with Gasteiger partial charge in [0.15, 0.2) is 0 Å². The smallest absolute Gasteiger partial charge is 0.302 e.